The molecule has 19 heavy (non-hydrogen) atoms. The van der Waals surface area contributed by atoms with Gasteiger partial charge in [0.15, 0.2) is 0 Å². The summed E-state index contributed by atoms with van der Waals surface area (Å²) in [6.45, 7) is 2.69. The third-order valence-electron chi connectivity index (χ3n) is 3.91. The average Bonchev–Trinajstić information content (AvgIpc) is 2.41. The largest absolute Gasteiger partial charge is 0.388 e. The zero-order chi connectivity index (χ0) is 13.9. The van der Waals surface area contributed by atoms with Crippen molar-refractivity contribution in [3.05, 3.63) is 28.8 Å². The number of nitriles is 1. The van der Waals surface area contributed by atoms with Crippen LogP contribution in [0.25, 0.3) is 0 Å². The first-order chi connectivity index (χ1) is 9.02. The van der Waals surface area contributed by atoms with E-state index in [1.165, 1.54) is 0 Å². The van der Waals surface area contributed by atoms with E-state index in [1.807, 2.05) is 0 Å². The molecule has 1 saturated carbocycles. The lowest BCUT2D eigenvalue weighted by molar-refractivity contribution is 0.00501. The lowest BCUT2D eigenvalue weighted by Gasteiger charge is -2.35. The number of nitrogens with one attached hydrogen (secondary N) is 1. The van der Waals surface area contributed by atoms with E-state index in [1.54, 1.807) is 18.2 Å². The Morgan fingerprint density at radius 1 is 1.47 bits per heavy atom. The summed E-state index contributed by atoms with van der Waals surface area (Å²) in [6, 6.07) is 7.25. The second-order valence-electron chi connectivity index (χ2n) is 5.56. The van der Waals surface area contributed by atoms with Crippen LogP contribution in [-0.4, -0.2) is 17.3 Å². The molecule has 1 aliphatic rings. The van der Waals surface area contributed by atoms with E-state index in [0.717, 1.165) is 25.7 Å². The molecule has 102 valence electrons. The van der Waals surface area contributed by atoms with E-state index in [0.29, 0.717) is 28.7 Å². The van der Waals surface area contributed by atoms with Gasteiger partial charge in [0.05, 0.1) is 16.9 Å². The van der Waals surface area contributed by atoms with Crippen LogP contribution in [-0.2, 0) is 0 Å². The maximum absolute atomic E-state index is 10.5. The first-order valence-corrected chi connectivity index (χ1v) is 7.06. The first kappa shape index (κ1) is 14.2. The molecule has 0 atom stereocenters. The molecule has 0 radical (unpaired) electrons. The zero-order valence-electron chi connectivity index (χ0n) is 11.1. The molecule has 0 spiro atoms. The summed E-state index contributed by atoms with van der Waals surface area (Å²) in [5, 5.41) is 23.3. The average molecular weight is 279 g/mol. The molecule has 0 aliphatic heterocycles. The Morgan fingerprint density at radius 3 is 2.79 bits per heavy atom. The van der Waals surface area contributed by atoms with Crippen LogP contribution in [0.5, 0.6) is 0 Å². The quantitative estimate of drug-likeness (QED) is 0.889. The zero-order valence-corrected chi connectivity index (χ0v) is 11.9. The molecule has 0 unspecified atom stereocenters. The monoisotopic (exact) mass is 278 g/mol. The second kappa shape index (κ2) is 5.81. The number of anilines is 1. The summed E-state index contributed by atoms with van der Waals surface area (Å²) < 4.78 is 0. The second-order valence-corrected chi connectivity index (χ2v) is 6.00. The SMILES string of the molecule is CC1CCC(O)(CNc2cc(Cl)ccc2C#N)CC1. The highest BCUT2D eigenvalue weighted by Gasteiger charge is 2.31. The highest BCUT2D eigenvalue weighted by atomic mass is 35.5. The first-order valence-electron chi connectivity index (χ1n) is 6.68. The molecule has 0 amide bonds. The lowest BCUT2D eigenvalue weighted by Crippen LogP contribution is -2.40. The third-order valence-corrected chi connectivity index (χ3v) is 4.15. The van der Waals surface area contributed by atoms with Gasteiger partial charge in [-0.05, 0) is 49.8 Å². The minimum atomic E-state index is -0.665. The van der Waals surface area contributed by atoms with Crippen molar-refractivity contribution < 1.29 is 5.11 Å². The van der Waals surface area contributed by atoms with Gasteiger partial charge in [0.2, 0.25) is 0 Å². The molecule has 0 saturated heterocycles. The van der Waals surface area contributed by atoms with E-state index in [2.05, 4.69) is 18.3 Å². The molecule has 0 aromatic heterocycles. The van der Waals surface area contributed by atoms with Crippen LogP contribution in [0.2, 0.25) is 5.02 Å². The van der Waals surface area contributed by atoms with Gasteiger partial charge in [-0.3, -0.25) is 0 Å². The minimum Gasteiger partial charge on any atom is -0.388 e. The van der Waals surface area contributed by atoms with Crippen molar-refractivity contribution in [1.82, 2.24) is 0 Å². The molecule has 1 fully saturated rings. The van der Waals surface area contributed by atoms with Gasteiger partial charge in [0.1, 0.15) is 6.07 Å². The number of aliphatic hydroxyl groups is 1. The van der Waals surface area contributed by atoms with Crippen molar-refractivity contribution in [2.24, 2.45) is 5.92 Å². The summed E-state index contributed by atoms with van der Waals surface area (Å²) in [5.74, 6) is 0.695. The molecule has 3 nitrogen and oxygen atoms in total. The van der Waals surface area contributed by atoms with Crippen LogP contribution in [0.15, 0.2) is 18.2 Å². The summed E-state index contributed by atoms with van der Waals surface area (Å²) in [7, 11) is 0. The van der Waals surface area contributed by atoms with E-state index in [4.69, 9.17) is 16.9 Å². The summed E-state index contributed by atoms with van der Waals surface area (Å²) in [6.07, 6.45) is 3.73. The molecule has 4 heteroatoms. The molecule has 1 aromatic carbocycles. The molecule has 1 aliphatic carbocycles. The van der Waals surface area contributed by atoms with Crippen LogP contribution in [0, 0.1) is 17.2 Å². The number of nitrogens with zero attached hydrogens (tertiary/aromatic N) is 1. The fourth-order valence-corrected chi connectivity index (χ4v) is 2.67. The van der Waals surface area contributed by atoms with E-state index < -0.39 is 5.60 Å². The smallest absolute Gasteiger partial charge is 0.101 e. The number of benzene rings is 1. The van der Waals surface area contributed by atoms with Crippen LogP contribution in [0.1, 0.15) is 38.2 Å². The number of hydrogen-bond donors (Lipinski definition) is 2. The van der Waals surface area contributed by atoms with Gasteiger partial charge in [0.25, 0.3) is 0 Å². The van der Waals surface area contributed by atoms with Crippen molar-refractivity contribution in [3.63, 3.8) is 0 Å². The Hall–Kier alpha value is -1.24. The number of halogens is 1. The van der Waals surface area contributed by atoms with Crippen LogP contribution >= 0.6 is 11.6 Å². The molecule has 2 rings (SSSR count). The summed E-state index contributed by atoms with van der Waals surface area (Å²) >= 11 is 5.94. The van der Waals surface area contributed by atoms with Gasteiger partial charge in [-0.1, -0.05) is 18.5 Å². The lowest BCUT2D eigenvalue weighted by atomic mass is 9.79. The summed E-state index contributed by atoms with van der Waals surface area (Å²) in [5.41, 5.74) is 0.584. The molecule has 2 N–H and O–H groups in total. The normalized spacial score (nSPS) is 26.7. The predicted molar refractivity (Wildman–Crippen MR) is 77.2 cm³/mol. The fraction of sp³-hybridized carbons (Fsp3) is 0.533. The van der Waals surface area contributed by atoms with Gasteiger partial charge in [0, 0.05) is 11.6 Å². The maximum Gasteiger partial charge on any atom is 0.101 e. The Bertz CT molecular complexity index is 487. The number of hydrogen-bond acceptors (Lipinski definition) is 3. The molecular formula is C15H19ClN2O. The Morgan fingerprint density at radius 2 is 2.16 bits per heavy atom. The summed E-state index contributed by atoms with van der Waals surface area (Å²) in [4.78, 5) is 0. The van der Waals surface area contributed by atoms with E-state index in [-0.39, 0.29) is 0 Å². The molecule has 0 bridgehead atoms. The maximum atomic E-state index is 10.5. The van der Waals surface area contributed by atoms with Gasteiger partial charge in [-0.2, -0.15) is 5.26 Å². The van der Waals surface area contributed by atoms with Crippen LogP contribution in [0.3, 0.4) is 0 Å². The Kier molecular flexibility index (Phi) is 4.34. The van der Waals surface area contributed by atoms with Gasteiger partial charge in [-0.25, -0.2) is 0 Å². The van der Waals surface area contributed by atoms with Gasteiger partial charge >= 0.3 is 0 Å². The van der Waals surface area contributed by atoms with Crippen LogP contribution in [0.4, 0.5) is 5.69 Å². The van der Waals surface area contributed by atoms with Crippen molar-refractivity contribution in [1.29, 1.82) is 5.26 Å². The Balaban J connectivity index is 2.03. The Labute approximate surface area is 119 Å². The van der Waals surface area contributed by atoms with Gasteiger partial charge < -0.3 is 10.4 Å². The van der Waals surface area contributed by atoms with Crippen molar-refractivity contribution >= 4 is 17.3 Å². The predicted octanol–water partition coefficient (Wildman–Crippen LogP) is 3.56. The molecule has 1 aromatic rings. The topological polar surface area (TPSA) is 56.0 Å². The van der Waals surface area contributed by atoms with Crippen molar-refractivity contribution in [2.45, 2.75) is 38.2 Å². The molecular weight excluding hydrogens is 260 g/mol. The number of rotatable bonds is 3. The third kappa shape index (κ3) is 3.62. The van der Waals surface area contributed by atoms with Crippen LogP contribution < -0.4 is 5.32 Å². The van der Waals surface area contributed by atoms with E-state index >= 15 is 0 Å². The highest BCUT2D eigenvalue weighted by Crippen LogP contribution is 2.32. The van der Waals surface area contributed by atoms with Gasteiger partial charge in [-0.15, -0.1) is 0 Å². The molecule has 0 heterocycles. The van der Waals surface area contributed by atoms with E-state index in [9.17, 15) is 5.11 Å². The van der Waals surface area contributed by atoms with Crippen molar-refractivity contribution in [2.75, 3.05) is 11.9 Å². The highest BCUT2D eigenvalue weighted by molar-refractivity contribution is 6.30. The van der Waals surface area contributed by atoms with Crippen molar-refractivity contribution in [3.8, 4) is 6.07 Å². The standard InChI is InChI=1S/C15H19ClN2O/c1-11-4-6-15(19,7-5-11)10-18-14-8-13(16)3-2-12(14)9-17/h2-3,8,11,18-19H,4-7,10H2,1H3. The fourth-order valence-electron chi connectivity index (χ4n) is 2.50. The minimum absolute atomic E-state index is 0.467.